The summed E-state index contributed by atoms with van der Waals surface area (Å²) < 4.78 is 66.7. The molecule has 0 heterocycles. The summed E-state index contributed by atoms with van der Waals surface area (Å²) >= 11 is 0. The molecule has 5 atom stereocenters. The Morgan fingerprint density at radius 1 is 0.378 bits per heavy atom. The first-order valence-corrected chi connectivity index (χ1v) is 41.8. The van der Waals surface area contributed by atoms with E-state index >= 15 is 0 Å². The number of carbonyl (C=O) groups excluding carboxylic acids is 4. The number of carbonyl (C=O) groups is 5. The van der Waals surface area contributed by atoms with Crippen molar-refractivity contribution in [2.75, 3.05) is 39.6 Å². The smallest absolute Gasteiger partial charge is 0.756 e. The summed E-state index contributed by atoms with van der Waals surface area (Å²) in [5, 5.41) is 18.9. The maximum absolute atomic E-state index is 12.8. The predicted molar refractivity (Wildman–Crippen MR) is 379 cm³/mol. The number of aliphatic hydroxyl groups is 1. The second-order valence-corrected chi connectivity index (χ2v) is 29.7. The number of carboxylic acids is 1. The number of rotatable bonds is 71. The van der Waals surface area contributed by atoms with Gasteiger partial charge in [0.15, 0.2) is 12.2 Å². The molecule has 2 N–H and O–H groups in total. The molecule has 1 aliphatic carbocycles. The molecule has 0 radical (unpaired) electrons. The van der Waals surface area contributed by atoms with Crippen molar-refractivity contribution in [3.63, 3.8) is 0 Å². The van der Waals surface area contributed by atoms with Crippen molar-refractivity contribution in [2.24, 2.45) is 5.92 Å². The first-order valence-electron chi connectivity index (χ1n) is 38.9. The fourth-order valence-corrected chi connectivity index (χ4v) is 13.0. The number of unbranched alkanes of at least 4 members (excludes halogenated alkanes) is 41. The van der Waals surface area contributed by atoms with E-state index in [9.17, 15) is 48.0 Å². The predicted octanol–water partition coefficient (Wildman–Crippen LogP) is 13.7. The van der Waals surface area contributed by atoms with Gasteiger partial charge in [0, 0.05) is 32.1 Å². The van der Waals surface area contributed by atoms with Crippen molar-refractivity contribution >= 4 is 45.5 Å². The third-order valence-electron chi connectivity index (χ3n) is 17.4. The Morgan fingerprint density at radius 2 is 0.633 bits per heavy atom. The number of phosphoric acid groups is 2. The van der Waals surface area contributed by atoms with E-state index in [-0.39, 0.29) is 84.8 Å². The van der Waals surface area contributed by atoms with Gasteiger partial charge in [0.2, 0.25) is 0 Å². The Morgan fingerprint density at radius 3 is 0.908 bits per heavy atom. The number of ether oxygens (including phenoxy) is 4. The molecule has 0 bridgehead atoms. The van der Waals surface area contributed by atoms with Gasteiger partial charge < -0.3 is 57.0 Å². The minimum atomic E-state index is -5.20. The Hall–Kier alpha value is -0.730. The van der Waals surface area contributed by atoms with Gasteiger partial charge in [0.25, 0.3) is 15.6 Å². The number of esters is 4. The van der Waals surface area contributed by atoms with Crippen LogP contribution in [0.2, 0.25) is 0 Å². The molecule has 19 nitrogen and oxygen atoms in total. The summed E-state index contributed by atoms with van der Waals surface area (Å²) in [6.07, 6.45) is 56.1. The van der Waals surface area contributed by atoms with E-state index in [1.165, 1.54) is 173 Å². The van der Waals surface area contributed by atoms with Gasteiger partial charge in [0.1, 0.15) is 19.3 Å². The molecule has 0 aromatic carbocycles. The van der Waals surface area contributed by atoms with E-state index in [0.717, 1.165) is 121 Å². The van der Waals surface area contributed by atoms with Crippen LogP contribution in [0.3, 0.4) is 0 Å². The zero-order valence-electron chi connectivity index (χ0n) is 63.1. The van der Waals surface area contributed by atoms with Crippen LogP contribution in [0.25, 0.3) is 0 Å². The molecule has 0 aliphatic heterocycles. The van der Waals surface area contributed by atoms with Gasteiger partial charge in [-0.1, -0.05) is 303 Å². The van der Waals surface area contributed by atoms with Gasteiger partial charge in [-0.15, -0.1) is 0 Å². The Bertz CT molecular complexity index is 1870. The van der Waals surface area contributed by atoms with E-state index < -0.39 is 103 Å². The van der Waals surface area contributed by atoms with Crippen LogP contribution in [-0.2, 0) is 70.1 Å². The quantitative estimate of drug-likeness (QED) is 0.0143. The molecule has 0 saturated heterocycles. The molecule has 0 fully saturated rings. The number of carboxylic acid groups (broad SMARTS) is 1. The average Bonchev–Trinajstić information content (AvgIpc) is 1.34. The molecule has 1 rings (SSSR count). The maximum atomic E-state index is 12.8. The number of hydrogen-bond acceptors (Lipinski definition) is 18. The summed E-state index contributed by atoms with van der Waals surface area (Å²) in [6, 6.07) is 0. The molecular formula is C75H140Na2O19P2. The molecule has 98 heavy (non-hydrogen) atoms. The van der Waals surface area contributed by atoms with Crippen LogP contribution in [0.15, 0.2) is 12.2 Å². The fourth-order valence-electron chi connectivity index (χ4n) is 11.4. The topological polar surface area (TPSA) is 280 Å². The van der Waals surface area contributed by atoms with Crippen LogP contribution < -0.4 is 68.9 Å². The van der Waals surface area contributed by atoms with Crippen LogP contribution in [0.5, 0.6) is 0 Å². The maximum Gasteiger partial charge on any atom is 1.00 e. The van der Waals surface area contributed by atoms with Gasteiger partial charge in [-0.2, -0.15) is 0 Å². The van der Waals surface area contributed by atoms with E-state index in [2.05, 4.69) is 39.8 Å². The Kier molecular flexibility index (Phi) is 77.2. The molecule has 0 aromatic heterocycles. The van der Waals surface area contributed by atoms with Crippen LogP contribution in [-0.4, -0.2) is 98.0 Å². The molecule has 0 aromatic rings. The third-order valence-corrected chi connectivity index (χ3v) is 19.3. The molecule has 23 heteroatoms. The van der Waals surface area contributed by atoms with Crippen molar-refractivity contribution < 1.29 is 149 Å². The van der Waals surface area contributed by atoms with Gasteiger partial charge in [-0.25, -0.2) is 0 Å². The second kappa shape index (κ2) is 74.5. The van der Waals surface area contributed by atoms with Crippen molar-refractivity contribution in [1.82, 2.24) is 0 Å². The second-order valence-electron chi connectivity index (χ2n) is 26.9. The monoisotopic (exact) mass is 1450 g/mol. The molecule has 5 unspecified atom stereocenters. The van der Waals surface area contributed by atoms with E-state index in [1.807, 2.05) is 0 Å². The zero-order valence-corrected chi connectivity index (χ0v) is 68.9. The minimum Gasteiger partial charge on any atom is -0.756 e. The summed E-state index contributed by atoms with van der Waals surface area (Å²) in [5.74, 6) is -2.01. The largest absolute Gasteiger partial charge is 1.00 e. The first kappa shape index (κ1) is 101. The number of hydrogen-bond donors (Lipinski definition) is 2. The SMILES string of the molecule is CCCCCCCCCCCC(=O)OCC(COP(=O)([O-])OCC(O)COP(=O)([O-])OCC(COC(=O)CCCCCCCCCCC)OC(=O)CCCCCCCCCCC)OC(=O)CCCCCCCCCCC.O=C(O)CCCCCCCCCCCCC1C=CCC1.[Na+].[Na+]. The standard InChI is InChI=1S/C57H110O17P2.C18H32O2.2Na/c1-5-9-13-17-21-25-29-33-37-41-54(59)67-47-52(73-56(61)43-39-35-31-27-23-19-15-11-7-3)49-71-75(63,64)69-45-51(58)46-70-76(65,66)72-50-53(74-57(62)44-40-36-32-28-24-20-16-12-8-4)48-68-55(60)42-38-34-30-26-22-18-14-10-6-2;19-18(20)16-10-8-6-4-2-1-3-5-7-9-13-17-14-11-12-15-17;;/h51-53,58H,5-50H2,1-4H3,(H,63,64)(H,65,66);11,14,17H,1-10,12-13,15-16H2,(H,19,20);;/q;;2*+1/p-2. The van der Waals surface area contributed by atoms with Crippen molar-refractivity contribution in [3.05, 3.63) is 12.2 Å². The van der Waals surface area contributed by atoms with Crippen LogP contribution in [0.1, 0.15) is 374 Å². The van der Waals surface area contributed by atoms with Crippen molar-refractivity contribution in [1.29, 1.82) is 0 Å². The van der Waals surface area contributed by atoms with Crippen molar-refractivity contribution in [3.8, 4) is 0 Å². The van der Waals surface area contributed by atoms with Crippen LogP contribution in [0.4, 0.5) is 0 Å². The third kappa shape index (κ3) is 73.6. The average molecular weight is 1450 g/mol. The number of allylic oxidation sites excluding steroid dienone is 2. The van der Waals surface area contributed by atoms with Gasteiger partial charge in [-0.3, -0.25) is 33.1 Å². The first-order chi connectivity index (χ1) is 46.4. The van der Waals surface area contributed by atoms with E-state index in [0.29, 0.717) is 32.1 Å². The molecular weight excluding hydrogens is 1310 g/mol. The molecule has 0 saturated carbocycles. The van der Waals surface area contributed by atoms with E-state index in [1.54, 1.807) is 0 Å². The molecule has 566 valence electrons. The Labute approximate surface area is 640 Å². The number of aliphatic carboxylic acids is 1. The molecule has 0 amide bonds. The minimum absolute atomic E-state index is 0. The Balaban J connectivity index is -0.00000348. The van der Waals surface area contributed by atoms with E-state index in [4.69, 9.17) is 42.1 Å². The van der Waals surface area contributed by atoms with Crippen molar-refractivity contribution in [2.45, 2.75) is 393 Å². The summed E-state index contributed by atoms with van der Waals surface area (Å²) in [4.78, 5) is 86.6. The van der Waals surface area contributed by atoms with Gasteiger partial charge in [-0.05, 0) is 57.3 Å². The molecule has 1 aliphatic rings. The molecule has 0 spiro atoms. The number of aliphatic hydroxyl groups excluding tert-OH is 1. The summed E-state index contributed by atoms with van der Waals surface area (Å²) in [7, 11) is -10.4. The zero-order chi connectivity index (χ0) is 70.7. The summed E-state index contributed by atoms with van der Waals surface area (Å²) in [6.45, 7) is 4.36. The summed E-state index contributed by atoms with van der Waals surface area (Å²) in [5.41, 5.74) is 0. The van der Waals surface area contributed by atoms with Crippen LogP contribution in [0, 0.1) is 5.92 Å². The van der Waals surface area contributed by atoms with Crippen LogP contribution >= 0.6 is 15.6 Å². The normalized spacial score (nSPS) is 14.7. The van der Waals surface area contributed by atoms with Gasteiger partial charge >= 0.3 is 89.0 Å². The van der Waals surface area contributed by atoms with Gasteiger partial charge in [0.05, 0.1) is 26.4 Å². The number of phosphoric ester groups is 2. The fraction of sp³-hybridized carbons (Fsp3) is 0.907.